The molecule has 0 unspecified atom stereocenters. The molecule has 1 aromatic heterocycles. The van der Waals surface area contributed by atoms with Crippen LogP contribution in [0, 0.1) is 0 Å². The molecule has 0 saturated heterocycles. The van der Waals surface area contributed by atoms with Gasteiger partial charge in [0, 0.05) is 20.1 Å². The van der Waals surface area contributed by atoms with Gasteiger partial charge in [-0.05, 0) is 42.4 Å². The molecule has 0 saturated carbocycles. The highest BCUT2D eigenvalue weighted by Gasteiger charge is 2.08. The first kappa shape index (κ1) is 24.7. The third kappa shape index (κ3) is 8.63. The summed E-state index contributed by atoms with van der Waals surface area (Å²) in [4.78, 5) is 6.55. The second-order valence-corrected chi connectivity index (χ2v) is 7.03. The number of para-hydroxylation sites is 1. The molecule has 0 aliphatic rings. The lowest BCUT2D eigenvalue weighted by molar-refractivity contribution is 0.287. The van der Waals surface area contributed by atoms with E-state index in [0.29, 0.717) is 19.7 Å². The van der Waals surface area contributed by atoms with Gasteiger partial charge in [-0.2, -0.15) is 0 Å². The van der Waals surface area contributed by atoms with Crippen molar-refractivity contribution in [3.63, 3.8) is 0 Å². The van der Waals surface area contributed by atoms with E-state index in [-0.39, 0.29) is 24.0 Å². The number of ether oxygens (including phenoxy) is 1. The zero-order valence-corrected chi connectivity index (χ0v) is 20.4. The van der Waals surface area contributed by atoms with Crippen molar-refractivity contribution >= 4 is 29.9 Å². The minimum Gasteiger partial charge on any atom is -0.492 e. The number of halogens is 1. The summed E-state index contributed by atoms with van der Waals surface area (Å²) in [5.74, 6) is 2.59. The van der Waals surface area contributed by atoms with E-state index >= 15 is 0 Å². The number of aliphatic imine (C=N–C) groups is 1. The average Bonchev–Trinajstić information content (AvgIpc) is 3.28. The second-order valence-electron chi connectivity index (χ2n) is 7.03. The van der Waals surface area contributed by atoms with Gasteiger partial charge in [0.05, 0.1) is 19.4 Å². The van der Waals surface area contributed by atoms with Crippen molar-refractivity contribution < 1.29 is 9.15 Å². The predicted molar refractivity (Wildman–Crippen MR) is 136 cm³/mol. The first-order valence-corrected chi connectivity index (χ1v) is 10.1. The molecule has 0 aliphatic heterocycles. The number of hydrogen-bond acceptors (Lipinski definition) is 4. The van der Waals surface area contributed by atoms with E-state index < -0.39 is 0 Å². The van der Waals surface area contributed by atoms with E-state index in [1.54, 1.807) is 13.3 Å². The number of benzene rings is 2. The molecular formula is C24H31IN4O2. The first-order chi connectivity index (χ1) is 14.7. The molecule has 166 valence electrons. The van der Waals surface area contributed by atoms with Crippen molar-refractivity contribution in [2.45, 2.75) is 19.6 Å². The summed E-state index contributed by atoms with van der Waals surface area (Å²) >= 11 is 0. The maximum atomic E-state index is 5.71. The highest BCUT2D eigenvalue weighted by atomic mass is 127. The van der Waals surface area contributed by atoms with Crippen molar-refractivity contribution in [3.05, 3.63) is 89.9 Å². The van der Waals surface area contributed by atoms with Crippen LogP contribution in [0.4, 0.5) is 0 Å². The molecule has 1 heterocycles. The Kier molecular flexibility index (Phi) is 10.9. The topological polar surface area (TPSA) is 62.0 Å². The number of guanidine groups is 1. The van der Waals surface area contributed by atoms with Crippen molar-refractivity contribution in [2.24, 2.45) is 4.99 Å². The van der Waals surface area contributed by atoms with Crippen LogP contribution in [0.3, 0.4) is 0 Å². The fourth-order valence-electron chi connectivity index (χ4n) is 3.15. The van der Waals surface area contributed by atoms with E-state index in [1.807, 2.05) is 42.5 Å². The molecule has 6 nitrogen and oxygen atoms in total. The van der Waals surface area contributed by atoms with Crippen LogP contribution in [0.15, 0.2) is 82.4 Å². The first-order valence-electron chi connectivity index (χ1n) is 10.1. The summed E-state index contributed by atoms with van der Waals surface area (Å²) in [5, 5.41) is 6.68. The molecule has 0 aliphatic carbocycles. The van der Waals surface area contributed by atoms with Gasteiger partial charge in [0.15, 0.2) is 5.96 Å². The molecule has 3 rings (SSSR count). The average molecular weight is 534 g/mol. The lowest BCUT2D eigenvalue weighted by Gasteiger charge is -2.19. The zero-order chi connectivity index (χ0) is 21.0. The molecule has 2 aromatic carbocycles. The normalized spacial score (nSPS) is 11.1. The minimum absolute atomic E-state index is 0. The summed E-state index contributed by atoms with van der Waals surface area (Å²) in [6.45, 7) is 3.56. The fourth-order valence-corrected chi connectivity index (χ4v) is 3.15. The Labute approximate surface area is 201 Å². The predicted octanol–water partition coefficient (Wildman–Crippen LogP) is 4.27. The fraction of sp³-hybridized carbons (Fsp3) is 0.292. The van der Waals surface area contributed by atoms with Gasteiger partial charge in [0.2, 0.25) is 0 Å². The van der Waals surface area contributed by atoms with Gasteiger partial charge < -0.3 is 19.8 Å². The third-order valence-electron chi connectivity index (χ3n) is 4.64. The Morgan fingerprint density at radius 3 is 2.39 bits per heavy atom. The highest BCUT2D eigenvalue weighted by Crippen LogP contribution is 2.13. The molecule has 0 atom stereocenters. The summed E-state index contributed by atoms with van der Waals surface area (Å²) in [6.07, 6.45) is 1.71. The Bertz CT molecular complexity index is 901. The van der Waals surface area contributed by atoms with Crippen LogP contribution in [-0.2, 0) is 19.6 Å². The summed E-state index contributed by atoms with van der Waals surface area (Å²) in [6, 6.07) is 22.2. The van der Waals surface area contributed by atoms with Crippen molar-refractivity contribution in [1.82, 2.24) is 15.5 Å². The van der Waals surface area contributed by atoms with Gasteiger partial charge in [-0.15, -0.1) is 24.0 Å². The lowest BCUT2D eigenvalue weighted by Crippen LogP contribution is -2.39. The molecule has 0 radical (unpaired) electrons. The third-order valence-corrected chi connectivity index (χ3v) is 4.64. The molecule has 0 fully saturated rings. The number of rotatable bonds is 10. The smallest absolute Gasteiger partial charge is 0.191 e. The van der Waals surface area contributed by atoms with E-state index in [0.717, 1.165) is 30.6 Å². The van der Waals surface area contributed by atoms with Crippen LogP contribution >= 0.6 is 24.0 Å². The number of nitrogens with zero attached hydrogens (tertiary/aromatic N) is 2. The number of furan rings is 1. The maximum Gasteiger partial charge on any atom is 0.191 e. The monoisotopic (exact) mass is 534 g/mol. The van der Waals surface area contributed by atoms with Crippen LogP contribution in [0.25, 0.3) is 0 Å². The number of hydrogen-bond donors (Lipinski definition) is 2. The largest absolute Gasteiger partial charge is 0.492 e. The summed E-state index contributed by atoms with van der Waals surface area (Å²) < 4.78 is 11.2. The summed E-state index contributed by atoms with van der Waals surface area (Å²) in [7, 11) is 3.87. The van der Waals surface area contributed by atoms with Gasteiger partial charge in [-0.25, -0.2) is 0 Å². The van der Waals surface area contributed by atoms with Gasteiger partial charge >= 0.3 is 0 Å². The summed E-state index contributed by atoms with van der Waals surface area (Å²) in [5.41, 5.74) is 2.52. The molecule has 0 bridgehead atoms. The van der Waals surface area contributed by atoms with Crippen molar-refractivity contribution in [3.8, 4) is 5.75 Å². The standard InChI is InChI=1S/C24H30N4O2.HI/c1-25-24(26-14-16-30-22-11-4-3-5-12-22)27-17-20-9-6-7-10-21(20)18-28(2)19-23-13-8-15-29-23;/h3-13,15H,14,16-19H2,1-2H3,(H2,25,26,27);1H. The quantitative estimate of drug-likeness (QED) is 0.176. The van der Waals surface area contributed by atoms with Crippen molar-refractivity contribution in [2.75, 3.05) is 27.2 Å². The van der Waals surface area contributed by atoms with E-state index in [4.69, 9.17) is 9.15 Å². The van der Waals surface area contributed by atoms with Crippen LogP contribution in [0.2, 0.25) is 0 Å². The molecular weight excluding hydrogens is 503 g/mol. The van der Waals surface area contributed by atoms with Crippen LogP contribution in [0.5, 0.6) is 5.75 Å². The second kappa shape index (κ2) is 13.7. The highest BCUT2D eigenvalue weighted by molar-refractivity contribution is 14.0. The van der Waals surface area contributed by atoms with E-state index in [2.05, 4.69) is 51.8 Å². The Balaban J connectivity index is 0.00000341. The zero-order valence-electron chi connectivity index (χ0n) is 18.1. The Morgan fingerprint density at radius 1 is 0.935 bits per heavy atom. The lowest BCUT2D eigenvalue weighted by atomic mass is 10.1. The van der Waals surface area contributed by atoms with E-state index in [9.17, 15) is 0 Å². The van der Waals surface area contributed by atoms with Crippen LogP contribution in [0.1, 0.15) is 16.9 Å². The Hall–Kier alpha value is -2.52. The van der Waals surface area contributed by atoms with Gasteiger partial charge in [0.25, 0.3) is 0 Å². The molecule has 31 heavy (non-hydrogen) atoms. The van der Waals surface area contributed by atoms with Crippen LogP contribution in [-0.4, -0.2) is 38.1 Å². The van der Waals surface area contributed by atoms with Gasteiger partial charge in [-0.1, -0.05) is 42.5 Å². The SMILES string of the molecule is CN=C(NCCOc1ccccc1)NCc1ccccc1CN(C)Cc1ccco1.I. The molecule has 2 N–H and O–H groups in total. The molecule has 0 spiro atoms. The molecule has 3 aromatic rings. The number of nitrogens with one attached hydrogen (secondary N) is 2. The Morgan fingerprint density at radius 2 is 1.68 bits per heavy atom. The van der Waals surface area contributed by atoms with Gasteiger partial charge in [-0.3, -0.25) is 9.89 Å². The minimum atomic E-state index is 0. The van der Waals surface area contributed by atoms with Gasteiger partial charge in [0.1, 0.15) is 18.1 Å². The van der Waals surface area contributed by atoms with Crippen LogP contribution < -0.4 is 15.4 Å². The van der Waals surface area contributed by atoms with Crippen molar-refractivity contribution in [1.29, 1.82) is 0 Å². The maximum absolute atomic E-state index is 5.71. The molecule has 0 amide bonds. The van der Waals surface area contributed by atoms with E-state index in [1.165, 1.54) is 11.1 Å². The molecule has 7 heteroatoms.